The van der Waals surface area contributed by atoms with Crippen molar-refractivity contribution < 1.29 is 14.3 Å². The van der Waals surface area contributed by atoms with Gasteiger partial charge in [-0.2, -0.15) is 0 Å². The Morgan fingerprint density at radius 2 is 2.24 bits per heavy atom. The fraction of sp³-hybridized carbons (Fsp3) is 0.615. The first-order chi connectivity index (χ1) is 8.15. The summed E-state index contributed by atoms with van der Waals surface area (Å²) in [5, 5.41) is 9.85. The molecule has 1 aliphatic heterocycles. The summed E-state index contributed by atoms with van der Waals surface area (Å²) >= 11 is 0. The summed E-state index contributed by atoms with van der Waals surface area (Å²) < 4.78 is 5.52. The van der Waals surface area contributed by atoms with E-state index < -0.39 is 0 Å². The highest BCUT2D eigenvalue weighted by molar-refractivity contribution is 5.91. The van der Waals surface area contributed by atoms with Crippen LogP contribution in [0.1, 0.15) is 30.3 Å². The topological polar surface area (TPSA) is 53.7 Å². The largest absolute Gasteiger partial charge is 0.437 e. The summed E-state index contributed by atoms with van der Waals surface area (Å²) in [5.74, 6) is 2.09. The maximum atomic E-state index is 11.2. The SMILES string of the molecule is CC(=O)c1ccc(N2CC3CCC(O)C3C2)o1. The van der Waals surface area contributed by atoms with E-state index in [4.69, 9.17) is 4.42 Å². The molecule has 3 atom stereocenters. The Morgan fingerprint density at radius 3 is 2.88 bits per heavy atom. The van der Waals surface area contributed by atoms with Gasteiger partial charge in [0.25, 0.3) is 0 Å². The van der Waals surface area contributed by atoms with Crippen molar-refractivity contribution in [2.45, 2.75) is 25.9 Å². The molecule has 1 aliphatic carbocycles. The molecule has 3 unspecified atom stereocenters. The molecule has 1 saturated heterocycles. The Kier molecular flexibility index (Phi) is 2.47. The maximum absolute atomic E-state index is 11.2. The predicted octanol–water partition coefficient (Wildman–Crippen LogP) is 1.69. The van der Waals surface area contributed by atoms with Crippen LogP contribution in [0.3, 0.4) is 0 Å². The zero-order chi connectivity index (χ0) is 12.0. The molecule has 1 aromatic rings. The Bertz CT molecular complexity index is 440. The van der Waals surface area contributed by atoms with Gasteiger partial charge in [-0.1, -0.05) is 0 Å². The first-order valence-corrected chi connectivity index (χ1v) is 6.19. The number of rotatable bonds is 2. The van der Waals surface area contributed by atoms with E-state index in [1.54, 1.807) is 6.07 Å². The van der Waals surface area contributed by atoms with Gasteiger partial charge in [-0.05, 0) is 24.8 Å². The van der Waals surface area contributed by atoms with Crippen LogP contribution in [0.15, 0.2) is 16.5 Å². The summed E-state index contributed by atoms with van der Waals surface area (Å²) in [6.45, 7) is 3.29. The molecule has 2 fully saturated rings. The van der Waals surface area contributed by atoms with E-state index in [1.807, 2.05) is 6.07 Å². The van der Waals surface area contributed by atoms with Gasteiger partial charge < -0.3 is 14.4 Å². The molecule has 0 bridgehead atoms. The van der Waals surface area contributed by atoms with Crippen LogP contribution in [-0.4, -0.2) is 30.1 Å². The summed E-state index contributed by atoms with van der Waals surface area (Å²) in [4.78, 5) is 13.3. The minimum atomic E-state index is -0.160. The number of ketones is 1. The Labute approximate surface area is 100 Å². The number of aliphatic hydroxyl groups excluding tert-OH is 1. The van der Waals surface area contributed by atoms with Crippen molar-refractivity contribution in [3.63, 3.8) is 0 Å². The molecule has 17 heavy (non-hydrogen) atoms. The van der Waals surface area contributed by atoms with E-state index in [1.165, 1.54) is 6.92 Å². The molecule has 2 heterocycles. The van der Waals surface area contributed by atoms with Crippen LogP contribution in [0.25, 0.3) is 0 Å². The average Bonchev–Trinajstić information content (AvgIpc) is 2.95. The highest BCUT2D eigenvalue weighted by Gasteiger charge is 2.42. The highest BCUT2D eigenvalue weighted by atomic mass is 16.4. The third kappa shape index (κ3) is 1.76. The molecule has 1 N–H and O–H groups in total. The van der Waals surface area contributed by atoms with Gasteiger partial charge in [0.05, 0.1) is 6.10 Å². The van der Waals surface area contributed by atoms with Gasteiger partial charge in [-0.15, -0.1) is 0 Å². The van der Waals surface area contributed by atoms with E-state index in [0.717, 1.165) is 31.8 Å². The van der Waals surface area contributed by atoms with Crippen molar-refractivity contribution in [2.75, 3.05) is 18.0 Å². The Balaban J connectivity index is 1.76. The van der Waals surface area contributed by atoms with Crippen molar-refractivity contribution in [1.29, 1.82) is 0 Å². The normalized spacial score (nSPS) is 31.9. The molecule has 1 aromatic heterocycles. The monoisotopic (exact) mass is 235 g/mol. The third-order valence-corrected chi connectivity index (χ3v) is 4.07. The van der Waals surface area contributed by atoms with Crippen LogP contribution < -0.4 is 4.90 Å². The van der Waals surface area contributed by atoms with E-state index in [9.17, 15) is 9.90 Å². The fourth-order valence-corrected chi connectivity index (χ4v) is 3.10. The highest BCUT2D eigenvalue weighted by Crippen LogP contribution is 2.40. The smallest absolute Gasteiger partial charge is 0.196 e. The van der Waals surface area contributed by atoms with Gasteiger partial charge in [0, 0.05) is 32.0 Å². The molecule has 0 spiro atoms. The lowest BCUT2D eigenvalue weighted by atomic mass is 10.00. The first-order valence-electron chi connectivity index (χ1n) is 6.19. The Hall–Kier alpha value is -1.29. The summed E-state index contributed by atoms with van der Waals surface area (Å²) in [6, 6.07) is 3.58. The van der Waals surface area contributed by atoms with Crippen LogP contribution in [-0.2, 0) is 0 Å². The quantitative estimate of drug-likeness (QED) is 0.792. The molecule has 4 heteroatoms. The molecule has 3 rings (SSSR count). The van der Waals surface area contributed by atoms with Crippen molar-refractivity contribution in [1.82, 2.24) is 0 Å². The molecule has 4 nitrogen and oxygen atoms in total. The van der Waals surface area contributed by atoms with Crippen LogP contribution in [0.5, 0.6) is 0 Å². The first kappa shape index (κ1) is 10.8. The van der Waals surface area contributed by atoms with E-state index >= 15 is 0 Å². The van der Waals surface area contributed by atoms with Crippen LogP contribution in [0.2, 0.25) is 0 Å². The predicted molar refractivity (Wildman–Crippen MR) is 63.1 cm³/mol. The van der Waals surface area contributed by atoms with Crippen molar-refractivity contribution in [2.24, 2.45) is 11.8 Å². The van der Waals surface area contributed by atoms with E-state index in [-0.39, 0.29) is 11.9 Å². The van der Waals surface area contributed by atoms with Crippen LogP contribution in [0.4, 0.5) is 5.88 Å². The summed E-state index contributed by atoms with van der Waals surface area (Å²) in [6.07, 6.45) is 1.87. The molecular formula is C13H17NO3. The second kappa shape index (κ2) is 3.88. The van der Waals surface area contributed by atoms with E-state index in [2.05, 4.69) is 4.90 Å². The molecule has 0 radical (unpaired) electrons. The van der Waals surface area contributed by atoms with Gasteiger partial charge >= 0.3 is 0 Å². The lowest BCUT2D eigenvalue weighted by molar-refractivity contribution is 0.0987. The number of hydrogen-bond acceptors (Lipinski definition) is 4. The number of carbonyl (C=O) groups is 1. The zero-order valence-electron chi connectivity index (χ0n) is 9.93. The van der Waals surface area contributed by atoms with Crippen molar-refractivity contribution in [3.8, 4) is 0 Å². The molecule has 2 aliphatic rings. The number of nitrogens with zero attached hydrogens (tertiary/aromatic N) is 1. The molecule has 0 aromatic carbocycles. The maximum Gasteiger partial charge on any atom is 0.196 e. The summed E-state index contributed by atoms with van der Waals surface area (Å²) in [7, 11) is 0. The number of carbonyl (C=O) groups excluding carboxylic acids is 1. The van der Waals surface area contributed by atoms with Crippen LogP contribution in [0, 0.1) is 11.8 Å². The minimum Gasteiger partial charge on any atom is -0.437 e. The zero-order valence-corrected chi connectivity index (χ0v) is 9.93. The van der Waals surface area contributed by atoms with E-state index in [0.29, 0.717) is 17.6 Å². The van der Waals surface area contributed by atoms with Gasteiger partial charge in [0.15, 0.2) is 17.4 Å². The minimum absolute atomic E-state index is 0.0457. The number of anilines is 1. The molecule has 92 valence electrons. The number of hydrogen-bond donors (Lipinski definition) is 1. The number of fused-ring (bicyclic) bond motifs is 1. The van der Waals surface area contributed by atoms with Gasteiger partial charge in [-0.3, -0.25) is 4.79 Å². The lowest BCUT2D eigenvalue weighted by Crippen LogP contribution is -2.23. The van der Waals surface area contributed by atoms with Crippen molar-refractivity contribution >= 4 is 11.7 Å². The molecular weight excluding hydrogens is 218 g/mol. The number of furan rings is 1. The lowest BCUT2D eigenvalue weighted by Gasteiger charge is -2.17. The summed E-state index contributed by atoms with van der Waals surface area (Å²) in [5.41, 5.74) is 0. The van der Waals surface area contributed by atoms with Gasteiger partial charge in [0.2, 0.25) is 0 Å². The number of Topliss-reactive ketones (excluding diaryl/α,β-unsaturated/α-hetero) is 1. The third-order valence-electron chi connectivity index (χ3n) is 4.07. The average molecular weight is 235 g/mol. The molecule has 1 saturated carbocycles. The van der Waals surface area contributed by atoms with Gasteiger partial charge in [-0.25, -0.2) is 0 Å². The molecule has 0 amide bonds. The number of aliphatic hydroxyl groups is 1. The second-order valence-corrected chi connectivity index (χ2v) is 5.17. The van der Waals surface area contributed by atoms with Gasteiger partial charge in [0.1, 0.15) is 0 Å². The fourth-order valence-electron chi connectivity index (χ4n) is 3.10. The van der Waals surface area contributed by atoms with Crippen molar-refractivity contribution in [3.05, 3.63) is 17.9 Å². The Morgan fingerprint density at radius 1 is 1.41 bits per heavy atom. The van der Waals surface area contributed by atoms with Crippen LogP contribution >= 0.6 is 0 Å². The second-order valence-electron chi connectivity index (χ2n) is 5.17. The standard InChI is InChI=1S/C13H17NO3/c1-8(15)12-4-5-13(17-12)14-6-9-2-3-11(16)10(9)7-14/h4-5,9-11,16H,2-3,6-7H2,1H3.